The number of halogens is 1. The Morgan fingerprint density at radius 2 is 1.94 bits per heavy atom. The molecule has 0 aromatic heterocycles. The molecule has 0 saturated carbocycles. The van der Waals surface area contributed by atoms with E-state index in [0.29, 0.717) is 43.2 Å². The average Bonchev–Trinajstić information content (AvgIpc) is 2.84. The van der Waals surface area contributed by atoms with E-state index in [1.54, 1.807) is 49.4 Å². The smallest absolute Gasteiger partial charge is 0.257 e. The predicted molar refractivity (Wildman–Crippen MR) is 136 cm³/mol. The first-order valence-electron chi connectivity index (χ1n) is 12.0. The van der Waals surface area contributed by atoms with Gasteiger partial charge in [0.05, 0.1) is 11.7 Å². The van der Waals surface area contributed by atoms with Crippen LogP contribution in [0.25, 0.3) is 0 Å². The van der Waals surface area contributed by atoms with E-state index < -0.39 is 0 Å². The molecule has 8 nitrogen and oxygen atoms in total. The highest BCUT2D eigenvalue weighted by Gasteiger charge is 2.28. The number of methoxy groups -OCH3 is 2. The molecule has 3 rings (SSSR count). The van der Waals surface area contributed by atoms with Gasteiger partial charge in [0.1, 0.15) is 24.8 Å². The van der Waals surface area contributed by atoms with Gasteiger partial charge in [-0.1, -0.05) is 19.1 Å². The number of anilines is 1. The Bertz CT molecular complexity index is 1050. The van der Waals surface area contributed by atoms with Gasteiger partial charge >= 0.3 is 0 Å². The SMILES string of the molecule is COCC(=O)Nc1ccc2c(c1)OC[C@H](C)N(Cc1cccc(F)c1)C[C@@H](C)[C@H](OC)CN(C)C2=O. The highest BCUT2D eigenvalue weighted by atomic mass is 19.1. The number of nitrogens with zero attached hydrogens (tertiary/aromatic N) is 2. The van der Waals surface area contributed by atoms with E-state index in [1.165, 1.54) is 13.2 Å². The highest BCUT2D eigenvalue weighted by molar-refractivity contribution is 5.98. The number of ether oxygens (including phenoxy) is 3. The van der Waals surface area contributed by atoms with Gasteiger partial charge in [0, 0.05) is 58.7 Å². The zero-order valence-electron chi connectivity index (χ0n) is 21.6. The van der Waals surface area contributed by atoms with Crippen LogP contribution in [0.5, 0.6) is 5.75 Å². The molecule has 0 spiro atoms. The fourth-order valence-electron chi connectivity index (χ4n) is 4.34. The Hall–Kier alpha value is -3.01. The highest BCUT2D eigenvalue weighted by Crippen LogP contribution is 2.27. The summed E-state index contributed by atoms with van der Waals surface area (Å²) in [5.74, 6) is -0.300. The quantitative estimate of drug-likeness (QED) is 0.654. The van der Waals surface area contributed by atoms with Gasteiger partial charge in [-0.2, -0.15) is 0 Å². The molecule has 196 valence electrons. The Morgan fingerprint density at radius 3 is 2.64 bits per heavy atom. The maximum Gasteiger partial charge on any atom is 0.257 e. The Morgan fingerprint density at radius 1 is 1.17 bits per heavy atom. The molecule has 2 amide bonds. The summed E-state index contributed by atoms with van der Waals surface area (Å²) in [6.07, 6.45) is -0.197. The lowest BCUT2D eigenvalue weighted by Gasteiger charge is -2.36. The number of carbonyl (C=O) groups is 2. The maximum absolute atomic E-state index is 13.9. The van der Waals surface area contributed by atoms with Crippen molar-refractivity contribution in [3.8, 4) is 5.75 Å². The van der Waals surface area contributed by atoms with Crippen LogP contribution in [0.2, 0.25) is 0 Å². The first-order valence-corrected chi connectivity index (χ1v) is 12.0. The standard InChI is InChI=1S/C27H36FN3O5/c1-18-13-31(14-20-7-6-8-21(28)11-20)19(2)16-36-24-12-22(29-26(32)17-34-4)9-10-23(24)27(33)30(3)15-25(18)35-5/h6-12,18-19,25H,13-17H2,1-5H3,(H,29,32)/t18-,19+,25-/m1/s1. The third-order valence-electron chi connectivity index (χ3n) is 6.41. The molecule has 1 heterocycles. The number of nitrogens with one attached hydrogen (secondary N) is 1. The second-order valence-corrected chi connectivity index (χ2v) is 9.35. The summed E-state index contributed by atoms with van der Waals surface area (Å²) >= 11 is 0. The normalized spacial score (nSPS) is 21.7. The van der Waals surface area contributed by atoms with E-state index in [-0.39, 0.29) is 42.3 Å². The summed E-state index contributed by atoms with van der Waals surface area (Å²) in [4.78, 5) is 29.2. The minimum Gasteiger partial charge on any atom is -0.491 e. The van der Waals surface area contributed by atoms with Crippen LogP contribution in [0.15, 0.2) is 42.5 Å². The van der Waals surface area contributed by atoms with E-state index in [4.69, 9.17) is 14.2 Å². The number of amides is 2. The van der Waals surface area contributed by atoms with Crippen LogP contribution < -0.4 is 10.1 Å². The van der Waals surface area contributed by atoms with Gasteiger partial charge in [0.15, 0.2) is 0 Å². The molecule has 1 aliphatic rings. The van der Waals surface area contributed by atoms with Gasteiger partial charge in [-0.15, -0.1) is 0 Å². The zero-order valence-corrected chi connectivity index (χ0v) is 21.6. The Labute approximate surface area is 212 Å². The van der Waals surface area contributed by atoms with Crippen molar-refractivity contribution in [3.63, 3.8) is 0 Å². The van der Waals surface area contributed by atoms with Crippen molar-refractivity contribution in [2.75, 3.05) is 52.9 Å². The van der Waals surface area contributed by atoms with Crippen molar-refractivity contribution in [2.24, 2.45) is 5.92 Å². The number of carbonyl (C=O) groups excluding carboxylic acids is 2. The molecule has 1 aliphatic heterocycles. The summed E-state index contributed by atoms with van der Waals surface area (Å²) in [7, 11) is 4.83. The molecular weight excluding hydrogens is 465 g/mol. The summed E-state index contributed by atoms with van der Waals surface area (Å²) in [5, 5.41) is 2.75. The van der Waals surface area contributed by atoms with Crippen molar-refractivity contribution in [2.45, 2.75) is 32.5 Å². The number of fused-ring (bicyclic) bond motifs is 1. The van der Waals surface area contributed by atoms with Crippen molar-refractivity contribution in [1.82, 2.24) is 9.80 Å². The van der Waals surface area contributed by atoms with Gasteiger partial charge in [-0.25, -0.2) is 4.39 Å². The number of hydrogen-bond acceptors (Lipinski definition) is 6. The van der Waals surface area contributed by atoms with Crippen molar-refractivity contribution in [3.05, 3.63) is 59.4 Å². The average molecular weight is 502 g/mol. The number of benzene rings is 2. The van der Waals surface area contributed by atoms with Gasteiger partial charge in [0.2, 0.25) is 5.91 Å². The monoisotopic (exact) mass is 501 g/mol. The van der Waals surface area contributed by atoms with E-state index in [1.807, 2.05) is 13.0 Å². The molecule has 0 aliphatic carbocycles. The van der Waals surface area contributed by atoms with E-state index >= 15 is 0 Å². The van der Waals surface area contributed by atoms with Crippen molar-refractivity contribution in [1.29, 1.82) is 0 Å². The largest absolute Gasteiger partial charge is 0.491 e. The van der Waals surface area contributed by atoms with Crippen LogP contribution in [-0.4, -0.2) is 81.3 Å². The van der Waals surface area contributed by atoms with Crippen LogP contribution in [0.3, 0.4) is 0 Å². The van der Waals surface area contributed by atoms with E-state index in [2.05, 4.69) is 17.1 Å². The van der Waals surface area contributed by atoms with Gasteiger partial charge in [-0.05, 0) is 42.7 Å². The van der Waals surface area contributed by atoms with Gasteiger partial charge < -0.3 is 24.4 Å². The number of rotatable bonds is 6. The van der Waals surface area contributed by atoms with E-state index in [0.717, 1.165) is 5.56 Å². The summed E-state index contributed by atoms with van der Waals surface area (Å²) in [5.41, 5.74) is 1.77. The van der Waals surface area contributed by atoms with Crippen LogP contribution in [-0.2, 0) is 20.8 Å². The third-order valence-corrected chi connectivity index (χ3v) is 6.41. The molecule has 9 heteroatoms. The molecular formula is C27H36FN3O5. The molecule has 2 aromatic rings. The molecule has 0 saturated heterocycles. The first-order chi connectivity index (χ1) is 17.2. The summed E-state index contributed by atoms with van der Waals surface area (Å²) in [6, 6.07) is 11.5. The predicted octanol–water partition coefficient (Wildman–Crippen LogP) is 3.42. The topological polar surface area (TPSA) is 80.3 Å². The fraction of sp³-hybridized carbons (Fsp3) is 0.481. The van der Waals surface area contributed by atoms with Crippen LogP contribution in [0.4, 0.5) is 10.1 Å². The van der Waals surface area contributed by atoms with Crippen LogP contribution in [0.1, 0.15) is 29.8 Å². The fourth-order valence-corrected chi connectivity index (χ4v) is 4.34. The van der Waals surface area contributed by atoms with Crippen molar-refractivity contribution < 1.29 is 28.2 Å². The molecule has 1 N–H and O–H groups in total. The summed E-state index contributed by atoms with van der Waals surface area (Å²) < 4.78 is 30.7. The maximum atomic E-state index is 13.9. The minimum absolute atomic E-state index is 0.0555. The Kier molecular flexibility index (Phi) is 9.81. The molecule has 0 fully saturated rings. The third kappa shape index (κ3) is 7.25. The molecule has 2 aromatic carbocycles. The molecule has 0 unspecified atom stereocenters. The number of hydrogen-bond donors (Lipinski definition) is 1. The molecule has 0 bridgehead atoms. The van der Waals surface area contributed by atoms with E-state index in [9.17, 15) is 14.0 Å². The number of likely N-dealkylation sites (N-methyl/N-ethyl adjacent to an activating group) is 1. The second kappa shape index (κ2) is 12.8. The first kappa shape index (κ1) is 27.6. The molecule has 36 heavy (non-hydrogen) atoms. The molecule has 0 radical (unpaired) electrons. The zero-order chi connectivity index (χ0) is 26.2. The lowest BCUT2D eigenvalue weighted by atomic mass is 10.0. The second-order valence-electron chi connectivity index (χ2n) is 9.35. The Balaban J connectivity index is 1.93. The lowest BCUT2D eigenvalue weighted by molar-refractivity contribution is -0.119. The van der Waals surface area contributed by atoms with Gasteiger partial charge in [-0.3, -0.25) is 14.5 Å². The van der Waals surface area contributed by atoms with Crippen molar-refractivity contribution >= 4 is 17.5 Å². The van der Waals surface area contributed by atoms with Gasteiger partial charge in [0.25, 0.3) is 5.91 Å². The summed E-state index contributed by atoms with van der Waals surface area (Å²) in [6.45, 7) is 5.94. The van der Waals surface area contributed by atoms with Crippen LogP contribution >= 0.6 is 0 Å². The minimum atomic E-state index is -0.305. The lowest BCUT2D eigenvalue weighted by Crippen LogP contribution is -2.46. The van der Waals surface area contributed by atoms with Crippen LogP contribution in [0, 0.1) is 11.7 Å². The molecule has 3 atom stereocenters.